The smallest absolute Gasteiger partial charge is 0.250 e. The molecule has 0 N–H and O–H groups in total. The molecule has 5 nitrogen and oxygen atoms in total. The van der Waals surface area contributed by atoms with Gasteiger partial charge in [0.1, 0.15) is 6.54 Å². The quantitative estimate of drug-likeness (QED) is 0.498. The molecular weight excluding hydrogens is 350 g/mol. The highest BCUT2D eigenvalue weighted by atomic mass is 16.2. The van der Waals surface area contributed by atoms with Gasteiger partial charge in [-0.05, 0) is 42.0 Å². The van der Waals surface area contributed by atoms with Crippen LogP contribution in [0.25, 0.3) is 0 Å². The van der Waals surface area contributed by atoms with E-state index in [1.54, 1.807) is 6.21 Å². The number of ketones is 1. The van der Waals surface area contributed by atoms with Crippen LogP contribution >= 0.6 is 0 Å². The molecule has 1 fully saturated rings. The van der Waals surface area contributed by atoms with Crippen LogP contribution in [0.1, 0.15) is 12.0 Å². The Morgan fingerprint density at radius 2 is 1.29 bits per heavy atom. The Bertz CT molecular complexity index is 960. The summed E-state index contributed by atoms with van der Waals surface area (Å²) < 4.78 is 0. The maximum Gasteiger partial charge on any atom is 0.250 e. The average molecular weight is 369 g/mol. The summed E-state index contributed by atoms with van der Waals surface area (Å²) in [6.07, 6.45) is 1.55. The number of carbonyl (C=O) groups is 2. The van der Waals surface area contributed by atoms with E-state index in [-0.39, 0.29) is 24.7 Å². The fourth-order valence-corrected chi connectivity index (χ4v) is 3.12. The third-order valence-electron chi connectivity index (χ3n) is 4.49. The zero-order valence-electron chi connectivity index (χ0n) is 15.2. The molecule has 3 aromatic rings. The molecule has 0 bridgehead atoms. The van der Waals surface area contributed by atoms with Crippen LogP contribution < -0.4 is 4.90 Å². The number of benzene rings is 3. The third-order valence-corrected chi connectivity index (χ3v) is 4.49. The summed E-state index contributed by atoms with van der Waals surface area (Å²) in [6.45, 7) is 0.0587. The fraction of sp³-hybridized carbons (Fsp3) is 0.0870. The van der Waals surface area contributed by atoms with Crippen molar-refractivity contribution in [2.75, 3.05) is 11.4 Å². The Kier molecular flexibility index (Phi) is 4.97. The van der Waals surface area contributed by atoms with Gasteiger partial charge >= 0.3 is 0 Å². The molecule has 1 saturated heterocycles. The van der Waals surface area contributed by atoms with Gasteiger partial charge in [-0.3, -0.25) is 9.59 Å². The van der Waals surface area contributed by atoms with E-state index in [1.165, 1.54) is 5.01 Å². The highest BCUT2D eigenvalue weighted by Crippen LogP contribution is 2.33. The van der Waals surface area contributed by atoms with Crippen LogP contribution in [-0.2, 0) is 9.59 Å². The molecule has 28 heavy (non-hydrogen) atoms. The number of amides is 1. The van der Waals surface area contributed by atoms with Gasteiger partial charge in [-0.15, -0.1) is 0 Å². The molecular formula is C23H19N3O2. The van der Waals surface area contributed by atoms with Crippen LogP contribution in [0.15, 0.2) is 90.0 Å². The number of carbonyl (C=O) groups excluding carboxylic acids is 2. The van der Waals surface area contributed by atoms with E-state index in [4.69, 9.17) is 0 Å². The SMILES string of the molecule is O=C1CC(=O)N(/N=C/c2ccc(N(c3ccccc3)c3ccccc3)cc2)C1. The van der Waals surface area contributed by atoms with E-state index in [1.807, 2.05) is 60.7 Å². The lowest BCUT2D eigenvalue weighted by molar-refractivity contribution is -0.127. The Hall–Kier alpha value is -3.73. The summed E-state index contributed by atoms with van der Waals surface area (Å²) >= 11 is 0. The van der Waals surface area contributed by atoms with E-state index in [0.29, 0.717) is 0 Å². The van der Waals surface area contributed by atoms with Gasteiger partial charge in [-0.25, -0.2) is 5.01 Å². The first kappa shape index (κ1) is 17.7. The second kappa shape index (κ2) is 7.88. The van der Waals surface area contributed by atoms with E-state index in [2.05, 4.69) is 34.3 Å². The van der Waals surface area contributed by atoms with Crippen LogP contribution in [0.3, 0.4) is 0 Å². The molecule has 5 heteroatoms. The molecule has 0 unspecified atom stereocenters. The van der Waals surface area contributed by atoms with Crippen molar-refractivity contribution in [3.05, 3.63) is 90.5 Å². The van der Waals surface area contributed by atoms with Crippen LogP contribution in [0, 0.1) is 0 Å². The molecule has 1 aliphatic rings. The number of hydrogen-bond donors (Lipinski definition) is 0. The first-order valence-corrected chi connectivity index (χ1v) is 9.07. The van der Waals surface area contributed by atoms with Gasteiger partial charge in [-0.1, -0.05) is 48.5 Å². The Labute approximate surface area is 163 Å². The summed E-state index contributed by atoms with van der Waals surface area (Å²) in [5, 5.41) is 5.36. The van der Waals surface area contributed by atoms with Crippen molar-refractivity contribution in [3.8, 4) is 0 Å². The molecule has 0 aromatic heterocycles. The average Bonchev–Trinajstić information content (AvgIpc) is 3.06. The predicted molar refractivity (Wildman–Crippen MR) is 110 cm³/mol. The Morgan fingerprint density at radius 1 is 0.750 bits per heavy atom. The number of hydrogen-bond acceptors (Lipinski definition) is 4. The highest BCUT2D eigenvalue weighted by Gasteiger charge is 2.26. The van der Waals surface area contributed by atoms with E-state index in [9.17, 15) is 9.59 Å². The van der Waals surface area contributed by atoms with Crippen molar-refractivity contribution >= 4 is 35.0 Å². The Morgan fingerprint density at radius 3 is 1.79 bits per heavy atom. The zero-order chi connectivity index (χ0) is 19.3. The number of anilines is 3. The first-order chi connectivity index (χ1) is 13.7. The Balaban J connectivity index is 1.60. The standard InChI is InChI=1S/C23H19N3O2/c27-22-15-23(28)25(17-22)24-16-18-11-13-21(14-12-18)26(19-7-3-1-4-8-19)20-9-5-2-6-10-20/h1-14,16H,15,17H2/b24-16+. The molecule has 0 atom stereocenters. The summed E-state index contributed by atoms with van der Waals surface area (Å²) in [7, 11) is 0. The normalized spacial score (nSPS) is 14.1. The van der Waals surface area contributed by atoms with Gasteiger partial charge in [0, 0.05) is 17.1 Å². The lowest BCUT2D eigenvalue weighted by Gasteiger charge is -2.25. The maximum atomic E-state index is 11.6. The summed E-state index contributed by atoms with van der Waals surface area (Å²) in [5.41, 5.74) is 4.01. The van der Waals surface area contributed by atoms with Gasteiger partial charge in [0.15, 0.2) is 5.78 Å². The van der Waals surface area contributed by atoms with Gasteiger partial charge in [0.05, 0.1) is 12.6 Å². The minimum atomic E-state index is -0.253. The molecule has 138 valence electrons. The molecule has 0 spiro atoms. The summed E-state index contributed by atoms with van der Waals surface area (Å²) in [5.74, 6) is -0.351. The molecule has 4 rings (SSSR count). The van der Waals surface area contributed by atoms with E-state index in [0.717, 1.165) is 22.6 Å². The summed E-state index contributed by atoms with van der Waals surface area (Å²) in [4.78, 5) is 25.1. The van der Waals surface area contributed by atoms with Crippen LogP contribution in [-0.4, -0.2) is 29.5 Å². The minimum absolute atomic E-state index is 0.0562. The van der Waals surface area contributed by atoms with Gasteiger partial charge in [0.2, 0.25) is 0 Å². The van der Waals surface area contributed by atoms with Crippen molar-refractivity contribution in [3.63, 3.8) is 0 Å². The molecule has 1 aliphatic heterocycles. The maximum absolute atomic E-state index is 11.6. The van der Waals surface area contributed by atoms with Crippen molar-refractivity contribution < 1.29 is 9.59 Å². The van der Waals surface area contributed by atoms with E-state index < -0.39 is 0 Å². The monoisotopic (exact) mass is 369 g/mol. The van der Waals surface area contributed by atoms with Gasteiger partial charge in [-0.2, -0.15) is 5.10 Å². The summed E-state index contributed by atoms with van der Waals surface area (Å²) in [6, 6.07) is 28.2. The van der Waals surface area contributed by atoms with Gasteiger partial charge < -0.3 is 4.90 Å². The molecule has 0 radical (unpaired) electrons. The molecule has 1 amide bonds. The van der Waals surface area contributed by atoms with Crippen molar-refractivity contribution in [1.82, 2.24) is 5.01 Å². The lowest BCUT2D eigenvalue weighted by Crippen LogP contribution is -2.18. The van der Waals surface area contributed by atoms with Crippen molar-refractivity contribution in [1.29, 1.82) is 0 Å². The zero-order valence-corrected chi connectivity index (χ0v) is 15.2. The first-order valence-electron chi connectivity index (χ1n) is 9.07. The topological polar surface area (TPSA) is 53.0 Å². The molecule has 0 saturated carbocycles. The minimum Gasteiger partial charge on any atom is -0.311 e. The second-order valence-electron chi connectivity index (χ2n) is 6.51. The van der Waals surface area contributed by atoms with Crippen molar-refractivity contribution in [2.24, 2.45) is 5.10 Å². The van der Waals surface area contributed by atoms with Crippen LogP contribution in [0.5, 0.6) is 0 Å². The fourth-order valence-electron chi connectivity index (χ4n) is 3.12. The largest absolute Gasteiger partial charge is 0.311 e. The molecule has 0 aliphatic carbocycles. The predicted octanol–water partition coefficient (Wildman–Crippen LogP) is 4.29. The number of para-hydroxylation sites is 2. The third kappa shape index (κ3) is 3.83. The highest BCUT2D eigenvalue weighted by molar-refractivity contribution is 6.05. The van der Waals surface area contributed by atoms with Crippen molar-refractivity contribution in [2.45, 2.75) is 6.42 Å². The lowest BCUT2D eigenvalue weighted by atomic mass is 10.1. The van der Waals surface area contributed by atoms with Crippen LogP contribution in [0.4, 0.5) is 17.1 Å². The molecule has 3 aromatic carbocycles. The number of Topliss-reactive ketones (excluding diaryl/α,β-unsaturated/α-hetero) is 1. The van der Waals surface area contributed by atoms with Crippen LogP contribution in [0.2, 0.25) is 0 Å². The molecule has 1 heterocycles. The second-order valence-corrected chi connectivity index (χ2v) is 6.51. The number of rotatable bonds is 5. The number of nitrogens with zero attached hydrogens (tertiary/aromatic N) is 3. The number of hydrazone groups is 1. The van der Waals surface area contributed by atoms with E-state index >= 15 is 0 Å². The van der Waals surface area contributed by atoms with Gasteiger partial charge in [0.25, 0.3) is 5.91 Å².